The highest BCUT2D eigenvalue weighted by Gasteiger charge is 2.24. The topological polar surface area (TPSA) is 58.6 Å². The van der Waals surface area contributed by atoms with Crippen LogP contribution in [-0.4, -0.2) is 55.5 Å². The molecule has 1 aromatic heterocycles. The summed E-state index contributed by atoms with van der Waals surface area (Å²) >= 11 is 1.25. The first-order valence-corrected chi connectivity index (χ1v) is 8.51. The number of morpholine rings is 1. The third-order valence-corrected chi connectivity index (χ3v) is 5.12. The molecule has 0 saturated carbocycles. The highest BCUT2D eigenvalue weighted by Crippen LogP contribution is 2.17. The molecule has 122 valence electrons. The molecule has 0 aromatic carbocycles. The Bertz CT molecular complexity index is 521. The molecule has 1 aromatic rings. The molecule has 1 N–H and O–H groups in total. The lowest BCUT2D eigenvalue weighted by atomic mass is 10.0. The van der Waals surface area contributed by atoms with Gasteiger partial charge in [-0.1, -0.05) is 13.8 Å². The van der Waals surface area contributed by atoms with Gasteiger partial charge in [0.05, 0.1) is 23.0 Å². The van der Waals surface area contributed by atoms with Gasteiger partial charge < -0.3 is 10.1 Å². The largest absolute Gasteiger partial charge is 0.379 e. The number of nitrogens with one attached hydrogen (secondary N) is 1. The Hall–Kier alpha value is -1.24. The van der Waals surface area contributed by atoms with Crippen LogP contribution in [0.4, 0.5) is 0 Å². The van der Waals surface area contributed by atoms with E-state index < -0.39 is 0 Å². The summed E-state index contributed by atoms with van der Waals surface area (Å²) in [6.45, 7) is 9.80. The van der Waals surface area contributed by atoms with Gasteiger partial charge in [0.1, 0.15) is 0 Å². The van der Waals surface area contributed by atoms with Crippen molar-refractivity contribution >= 4 is 23.0 Å². The van der Waals surface area contributed by atoms with Crippen LogP contribution in [0, 0.1) is 5.92 Å². The molecule has 0 aliphatic carbocycles. The molecule has 1 amide bonds. The molecular weight excluding hydrogens is 300 g/mol. The standard InChI is InChI=1S/C16H24N2O3S/c1-11(2)13(18-6-8-21-9-7-18)10-17-16(20)15-5-4-14(22-15)12(3)19/h4-5,11,13H,6-10H2,1-3H3,(H,17,20)/t13-/m1/s1. The molecule has 0 unspecified atom stereocenters. The number of thiophene rings is 1. The van der Waals surface area contributed by atoms with Crippen molar-refractivity contribution in [1.29, 1.82) is 0 Å². The number of amides is 1. The van der Waals surface area contributed by atoms with Crippen molar-refractivity contribution in [2.45, 2.75) is 26.8 Å². The lowest BCUT2D eigenvalue weighted by Gasteiger charge is -2.36. The minimum atomic E-state index is -0.101. The van der Waals surface area contributed by atoms with Gasteiger partial charge in [-0.2, -0.15) is 0 Å². The molecule has 1 aliphatic heterocycles. The zero-order chi connectivity index (χ0) is 16.1. The number of ether oxygens (including phenoxy) is 1. The first-order valence-electron chi connectivity index (χ1n) is 7.70. The lowest BCUT2D eigenvalue weighted by Crippen LogP contribution is -2.51. The third kappa shape index (κ3) is 4.38. The minimum absolute atomic E-state index is 0.00239. The van der Waals surface area contributed by atoms with E-state index in [-0.39, 0.29) is 11.7 Å². The third-order valence-electron chi connectivity index (χ3n) is 3.93. The number of carbonyl (C=O) groups is 2. The smallest absolute Gasteiger partial charge is 0.261 e. The molecule has 2 rings (SSSR count). The Morgan fingerprint density at radius 1 is 1.27 bits per heavy atom. The molecule has 2 heterocycles. The van der Waals surface area contributed by atoms with E-state index in [4.69, 9.17) is 4.74 Å². The van der Waals surface area contributed by atoms with Crippen molar-refractivity contribution in [2.24, 2.45) is 5.92 Å². The summed E-state index contributed by atoms with van der Waals surface area (Å²) in [4.78, 5) is 27.1. The van der Waals surface area contributed by atoms with Gasteiger partial charge in [-0.25, -0.2) is 0 Å². The van der Waals surface area contributed by atoms with Gasteiger partial charge in [0, 0.05) is 25.7 Å². The van der Waals surface area contributed by atoms with Crippen LogP contribution < -0.4 is 5.32 Å². The molecule has 5 nitrogen and oxygen atoms in total. The van der Waals surface area contributed by atoms with Crippen molar-refractivity contribution in [3.63, 3.8) is 0 Å². The SMILES string of the molecule is CC(=O)c1ccc(C(=O)NC[C@H](C(C)C)N2CCOCC2)s1. The quantitative estimate of drug-likeness (QED) is 0.814. The van der Waals surface area contributed by atoms with Gasteiger partial charge in [-0.05, 0) is 25.0 Å². The molecule has 0 bridgehead atoms. The number of nitrogens with zero attached hydrogens (tertiary/aromatic N) is 1. The number of rotatable bonds is 6. The van der Waals surface area contributed by atoms with Gasteiger partial charge >= 0.3 is 0 Å². The Balaban J connectivity index is 1.93. The summed E-state index contributed by atoms with van der Waals surface area (Å²) in [7, 11) is 0. The number of Topliss-reactive ketones (excluding diaryl/α,β-unsaturated/α-hetero) is 1. The molecule has 0 radical (unpaired) electrons. The Kier molecular flexibility index (Phi) is 6.11. The van der Waals surface area contributed by atoms with Gasteiger partial charge in [0.15, 0.2) is 5.78 Å². The highest BCUT2D eigenvalue weighted by molar-refractivity contribution is 7.15. The molecule has 1 saturated heterocycles. The van der Waals surface area contributed by atoms with Crippen molar-refractivity contribution in [1.82, 2.24) is 10.2 Å². The fourth-order valence-electron chi connectivity index (χ4n) is 2.63. The molecule has 1 fully saturated rings. The average molecular weight is 324 g/mol. The maximum atomic E-state index is 12.2. The first kappa shape index (κ1) is 17.1. The molecule has 0 spiro atoms. The maximum Gasteiger partial charge on any atom is 0.261 e. The van der Waals surface area contributed by atoms with Crippen LogP contribution in [-0.2, 0) is 4.74 Å². The molecule has 1 atom stereocenters. The fourth-order valence-corrected chi connectivity index (χ4v) is 3.45. The van der Waals surface area contributed by atoms with Gasteiger partial charge in [0.2, 0.25) is 0 Å². The zero-order valence-corrected chi connectivity index (χ0v) is 14.2. The number of carbonyl (C=O) groups excluding carboxylic acids is 2. The van der Waals surface area contributed by atoms with Crippen LogP contribution in [0.25, 0.3) is 0 Å². The lowest BCUT2D eigenvalue weighted by molar-refractivity contribution is 0.00674. The van der Waals surface area contributed by atoms with E-state index >= 15 is 0 Å². The van der Waals surface area contributed by atoms with Gasteiger partial charge in [-0.3, -0.25) is 14.5 Å². The predicted octanol–water partition coefficient (Wildman–Crippen LogP) is 2.04. The van der Waals surface area contributed by atoms with Crippen molar-refractivity contribution in [2.75, 3.05) is 32.8 Å². The molecular formula is C16H24N2O3S. The van der Waals surface area contributed by atoms with Crippen LogP contribution in [0.1, 0.15) is 40.1 Å². The number of hydrogen-bond acceptors (Lipinski definition) is 5. The summed E-state index contributed by atoms with van der Waals surface area (Å²) < 4.78 is 5.39. The van der Waals surface area contributed by atoms with Crippen LogP contribution in [0.15, 0.2) is 12.1 Å². The van der Waals surface area contributed by atoms with Crippen LogP contribution in [0.5, 0.6) is 0 Å². The second kappa shape index (κ2) is 7.85. The molecule has 22 heavy (non-hydrogen) atoms. The summed E-state index contributed by atoms with van der Waals surface area (Å²) in [6.07, 6.45) is 0. The van der Waals surface area contributed by atoms with E-state index in [1.807, 2.05) is 0 Å². The minimum Gasteiger partial charge on any atom is -0.379 e. The Morgan fingerprint density at radius 2 is 1.91 bits per heavy atom. The average Bonchev–Trinajstić information content (AvgIpc) is 2.98. The first-order chi connectivity index (χ1) is 10.5. The van der Waals surface area contributed by atoms with E-state index in [0.29, 0.717) is 28.3 Å². The zero-order valence-electron chi connectivity index (χ0n) is 13.4. The van der Waals surface area contributed by atoms with E-state index in [9.17, 15) is 9.59 Å². The van der Waals surface area contributed by atoms with Crippen molar-refractivity contribution in [3.8, 4) is 0 Å². The number of ketones is 1. The summed E-state index contributed by atoms with van der Waals surface area (Å²) in [5, 5.41) is 3.01. The second-order valence-electron chi connectivity index (χ2n) is 5.89. The Morgan fingerprint density at radius 3 is 2.45 bits per heavy atom. The number of hydrogen-bond donors (Lipinski definition) is 1. The normalized spacial score (nSPS) is 17.5. The van der Waals surface area contributed by atoms with Crippen molar-refractivity contribution < 1.29 is 14.3 Å². The van der Waals surface area contributed by atoms with Crippen LogP contribution in [0.3, 0.4) is 0 Å². The van der Waals surface area contributed by atoms with E-state index in [0.717, 1.165) is 26.3 Å². The molecule has 6 heteroatoms. The predicted molar refractivity (Wildman–Crippen MR) is 87.7 cm³/mol. The van der Waals surface area contributed by atoms with Gasteiger partial charge in [0.25, 0.3) is 5.91 Å². The fraction of sp³-hybridized carbons (Fsp3) is 0.625. The highest BCUT2D eigenvalue weighted by atomic mass is 32.1. The van der Waals surface area contributed by atoms with Crippen molar-refractivity contribution in [3.05, 3.63) is 21.9 Å². The van der Waals surface area contributed by atoms with Gasteiger partial charge in [-0.15, -0.1) is 11.3 Å². The van der Waals surface area contributed by atoms with Crippen LogP contribution >= 0.6 is 11.3 Å². The summed E-state index contributed by atoms with van der Waals surface area (Å²) in [5.41, 5.74) is 0. The Labute approximate surface area is 135 Å². The van der Waals surface area contributed by atoms with Crippen LogP contribution in [0.2, 0.25) is 0 Å². The summed E-state index contributed by atoms with van der Waals surface area (Å²) in [6, 6.07) is 3.74. The van der Waals surface area contributed by atoms with E-state index in [2.05, 4.69) is 24.1 Å². The van der Waals surface area contributed by atoms with E-state index in [1.54, 1.807) is 12.1 Å². The second-order valence-corrected chi connectivity index (χ2v) is 6.97. The molecule has 1 aliphatic rings. The monoisotopic (exact) mass is 324 g/mol. The van der Waals surface area contributed by atoms with E-state index in [1.165, 1.54) is 18.3 Å². The maximum absolute atomic E-state index is 12.2. The summed E-state index contributed by atoms with van der Waals surface area (Å²) in [5.74, 6) is 0.350.